The van der Waals surface area contributed by atoms with Gasteiger partial charge in [-0.3, -0.25) is 9.47 Å². The molecule has 0 radical (unpaired) electrons. The molecule has 4 fully saturated rings. The van der Waals surface area contributed by atoms with Gasteiger partial charge in [-0.1, -0.05) is 37.8 Å². The number of rotatable bonds is 2. The molecule has 28 heavy (non-hydrogen) atoms. The molecule has 4 bridgehead atoms. The van der Waals surface area contributed by atoms with Crippen LogP contribution in [0.1, 0.15) is 76.7 Å². The lowest BCUT2D eigenvalue weighted by molar-refractivity contribution is -0.0485. The number of para-hydroxylation sites is 2. The summed E-state index contributed by atoms with van der Waals surface area (Å²) >= 11 is 0. The van der Waals surface area contributed by atoms with E-state index in [0.717, 1.165) is 41.8 Å². The topological polar surface area (TPSA) is 41.0 Å². The van der Waals surface area contributed by atoms with Gasteiger partial charge in [-0.05, 0) is 68.9 Å². The summed E-state index contributed by atoms with van der Waals surface area (Å²) < 4.78 is 2.09. The van der Waals surface area contributed by atoms with E-state index in [1.165, 1.54) is 57.8 Å². The Morgan fingerprint density at radius 1 is 0.750 bits per heavy atom. The number of benzene rings is 1. The third-order valence-corrected chi connectivity index (χ3v) is 8.52. The van der Waals surface area contributed by atoms with Crippen molar-refractivity contribution >= 4 is 11.0 Å². The lowest BCUT2D eigenvalue weighted by atomic mass is 9.68. The highest BCUT2D eigenvalue weighted by molar-refractivity contribution is 5.75. The molecule has 2 aliphatic carbocycles. The fourth-order valence-electron chi connectivity index (χ4n) is 7.57. The van der Waals surface area contributed by atoms with Crippen molar-refractivity contribution in [2.75, 3.05) is 0 Å². The molecule has 0 spiro atoms. The van der Waals surface area contributed by atoms with E-state index in [4.69, 9.17) is 0 Å². The molecule has 1 N–H and O–H groups in total. The first-order valence-corrected chi connectivity index (χ1v) is 11.7. The number of nitrogens with one attached hydrogen (secondary N) is 1. The van der Waals surface area contributed by atoms with Crippen LogP contribution in [0.2, 0.25) is 0 Å². The number of hydrogen-bond donors (Lipinski definition) is 1. The molecule has 4 heteroatoms. The van der Waals surface area contributed by atoms with Gasteiger partial charge in [-0.2, -0.15) is 0 Å². The monoisotopic (exact) mass is 379 g/mol. The number of piperidine rings is 2. The summed E-state index contributed by atoms with van der Waals surface area (Å²) in [6.07, 6.45) is 15.2. The second kappa shape index (κ2) is 6.76. The number of imidazole rings is 1. The lowest BCUT2D eigenvalue weighted by Crippen LogP contribution is -2.58. The van der Waals surface area contributed by atoms with Crippen LogP contribution >= 0.6 is 0 Å². The molecule has 4 aliphatic rings. The second-order valence-electron chi connectivity index (χ2n) is 10.2. The van der Waals surface area contributed by atoms with E-state index in [2.05, 4.69) is 26.6 Å². The molecule has 6 rings (SSSR count). The minimum atomic E-state index is 0.0879. The third kappa shape index (κ3) is 2.79. The van der Waals surface area contributed by atoms with Crippen molar-refractivity contribution in [2.45, 2.75) is 94.8 Å². The first kappa shape index (κ1) is 17.3. The van der Waals surface area contributed by atoms with Crippen molar-refractivity contribution in [2.24, 2.45) is 11.8 Å². The van der Waals surface area contributed by atoms with Gasteiger partial charge in [0.2, 0.25) is 0 Å². The maximum Gasteiger partial charge on any atom is 0.326 e. The summed E-state index contributed by atoms with van der Waals surface area (Å²) in [4.78, 5) is 18.8. The highest BCUT2D eigenvalue weighted by Gasteiger charge is 2.45. The average molecular weight is 380 g/mol. The largest absolute Gasteiger partial charge is 0.326 e. The van der Waals surface area contributed by atoms with Crippen LogP contribution in [0, 0.1) is 11.8 Å². The standard InChI is InChI=1S/C24H33N3O/c28-24-25-22-9-1-2-10-23(22)27(24)21-14-18-7-4-8-19(15-21)26(18)20-12-16-5-3-6-17(11-16)13-20/h1-2,9-10,16-21H,3-8,11-15H2,(H,25,28)/t16-,17+,18-,19+,20+,21+. The molecule has 150 valence electrons. The lowest BCUT2D eigenvalue weighted by Gasteiger charge is -2.55. The van der Waals surface area contributed by atoms with E-state index in [1.54, 1.807) is 0 Å². The van der Waals surface area contributed by atoms with E-state index in [9.17, 15) is 4.79 Å². The smallest absolute Gasteiger partial charge is 0.306 e. The van der Waals surface area contributed by atoms with Gasteiger partial charge in [0.15, 0.2) is 0 Å². The number of nitrogens with zero attached hydrogens (tertiary/aromatic N) is 2. The summed E-state index contributed by atoms with van der Waals surface area (Å²) in [6, 6.07) is 10.8. The molecule has 2 aromatic rings. The highest BCUT2D eigenvalue weighted by atomic mass is 16.1. The Bertz CT molecular complexity index is 888. The molecule has 0 amide bonds. The van der Waals surface area contributed by atoms with Crippen molar-refractivity contribution < 1.29 is 0 Å². The summed E-state index contributed by atoms with van der Waals surface area (Å²) in [6.45, 7) is 0. The van der Waals surface area contributed by atoms with Crippen LogP contribution in [0.15, 0.2) is 29.1 Å². The van der Waals surface area contributed by atoms with E-state index in [-0.39, 0.29) is 5.69 Å². The Hall–Kier alpha value is -1.55. The predicted octanol–water partition coefficient (Wildman–Crippen LogP) is 4.86. The molecule has 4 nitrogen and oxygen atoms in total. The molecule has 3 heterocycles. The van der Waals surface area contributed by atoms with Crippen LogP contribution < -0.4 is 5.69 Å². The average Bonchev–Trinajstić information content (AvgIpc) is 3.02. The van der Waals surface area contributed by atoms with Crippen LogP contribution in [0.25, 0.3) is 11.0 Å². The van der Waals surface area contributed by atoms with Gasteiger partial charge in [0.25, 0.3) is 0 Å². The first-order chi connectivity index (χ1) is 13.8. The van der Waals surface area contributed by atoms with Crippen LogP contribution in [0.5, 0.6) is 0 Å². The van der Waals surface area contributed by atoms with E-state index < -0.39 is 0 Å². The van der Waals surface area contributed by atoms with Gasteiger partial charge in [0, 0.05) is 24.2 Å². The second-order valence-corrected chi connectivity index (χ2v) is 10.2. The molecule has 6 atom stereocenters. The minimum Gasteiger partial charge on any atom is -0.306 e. The molecule has 0 unspecified atom stereocenters. The Labute approximate surface area is 167 Å². The van der Waals surface area contributed by atoms with Gasteiger partial charge in [0.05, 0.1) is 11.0 Å². The van der Waals surface area contributed by atoms with Crippen molar-refractivity contribution in [1.82, 2.24) is 14.5 Å². The maximum absolute atomic E-state index is 12.8. The zero-order valence-corrected chi connectivity index (χ0v) is 16.9. The molecule has 2 saturated heterocycles. The van der Waals surface area contributed by atoms with Gasteiger partial charge in [-0.25, -0.2) is 4.79 Å². The van der Waals surface area contributed by atoms with Crippen molar-refractivity contribution in [3.63, 3.8) is 0 Å². The van der Waals surface area contributed by atoms with E-state index >= 15 is 0 Å². The fraction of sp³-hybridized carbons (Fsp3) is 0.708. The first-order valence-electron chi connectivity index (χ1n) is 11.7. The van der Waals surface area contributed by atoms with Gasteiger partial charge in [-0.15, -0.1) is 0 Å². The molecule has 2 aliphatic heterocycles. The SMILES string of the molecule is O=c1[nH]c2ccccc2n1[C@H]1C[C@H]2CCC[C@@H](C1)N2[C@H]1C[C@@H]2CCC[C@@H](C2)C1. The number of aromatic nitrogens is 2. The van der Waals surface area contributed by atoms with Crippen molar-refractivity contribution in [1.29, 1.82) is 0 Å². The Morgan fingerprint density at radius 2 is 1.43 bits per heavy atom. The normalized spacial score (nSPS) is 38.6. The molecular weight excluding hydrogens is 346 g/mol. The quantitative estimate of drug-likeness (QED) is 0.810. The van der Waals surface area contributed by atoms with Crippen molar-refractivity contribution in [3.8, 4) is 0 Å². The van der Waals surface area contributed by atoms with Crippen LogP contribution in [0.4, 0.5) is 0 Å². The number of H-pyrrole nitrogens is 1. The van der Waals surface area contributed by atoms with Crippen LogP contribution in [-0.4, -0.2) is 32.6 Å². The number of hydrogen-bond acceptors (Lipinski definition) is 2. The Kier molecular flexibility index (Phi) is 4.18. The zero-order valence-electron chi connectivity index (χ0n) is 16.9. The molecule has 1 aromatic carbocycles. The van der Waals surface area contributed by atoms with Crippen molar-refractivity contribution in [3.05, 3.63) is 34.7 Å². The summed E-state index contributed by atoms with van der Waals surface area (Å²) in [5.74, 6) is 1.99. The third-order valence-electron chi connectivity index (χ3n) is 8.52. The van der Waals surface area contributed by atoms with Gasteiger partial charge >= 0.3 is 5.69 Å². The highest BCUT2D eigenvalue weighted by Crippen LogP contribution is 2.47. The number of aromatic amines is 1. The Balaban J connectivity index is 1.29. The summed E-state index contributed by atoms with van der Waals surface area (Å²) in [5, 5.41) is 0. The molecule has 1 aromatic heterocycles. The van der Waals surface area contributed by atoms with Crippen LogP contribution in [0.3, 0.4) is 0 Å². The van der Waals surface area contributed by atoms with E-state index in [1.807, 2.05) is 12.1 Å². The predicted molar refractivity (Wildman–Crippen MR) is 113 cm³/mol. The van der Waals surface area contributed by atoms with Gasteiger partial charge in [0.1, 0.15) is 0 Å². The van der Waals surface area contributed by atoms with Crippen LogP contribution in [-0.2, 0) is 0 Å². The zero-order chi connectivity index (χ0) is 18.7. The summed E-state index contributed by atoms with van der Waals surface area (Å²) in [5.41, 5.74) is 2.17. The molecule has 2 saturated carbocycles. The van der Waals surface area contributed by atoms with Gasteiger partial charge < -0.3 is 4.98 Å². The maximum atomic E-state index is 12.8. The fourth-order valence-corrected chi connectivity index (χ4v) is 7.57. The minimum absolute atomic E-state index is 0.0879. The van der Waals surface area contributed by atoms with E-state index in [0.29, 0.717) is 18.1 Å². The number of fused-ring (bicyclic) bond motifs is 5. The Morgan fingerprint density at radius 3 is 2.18 bits per heavy atom. The summed E-state index contributed by atoms with van der Waals surface area (Å²) in [7, 11) is 0. The molecular formula is C24H33N3O.